The highest BCUT2D eigenvalue weighted by atomic mass is 16.2. The van der Waals surface area contributed by atoms with Gasteiger partial charge in [0.1, 0.15) is 69.0 Å². The molecule has 9 atom stereocenters. The standard InChI is InChI=1S/C82H142N18O16/c1-22-81(20,72(113)86-54(44-50(3)4)49-97-40-31-39-96-38-30-35-63(96)97)92-65(106)56(46-52(7)8)87-61(103)47-85-69(110)76(10,11)90-67(108)58-33-25-28-42-99(58)75(116)80(18,19)94-71(112)78(14,15)89-62(104)48-84-60(102)36-37-83-64(105)55(45-51(5)6)88-70(111)77(12,13)95-73(114)82(21,23-2)93-68(109)59-34-26-29-43-100(59)74(115)79(16,17)91-66(107)57-32-24-27-41-98(57)53(9)101/h50-52,54-59,63H,22-49H2,1-21H3,(H,83,105)(H,84,102)(H,85,110)(H,86,113)(H,87,103)(H,88,111)(H,89,104)(H,90,108)(H,91,107)(H,92,106)(H,93,109)(H,94,112)(H,95,114). The summed E-state index contributed by atoms with van der Waals surface area (Å²) >= 11 is 0. The first-order valence-electron chi connectivity index (χ1n) is 42.2. The number of carbonyl (C=O) groups excluding carboxylic acids is 16. The average Bonchev–Trinajstić information content (AvgIpc) is 1.06. The van der Waals surface area contributed by atoms with E-state index in [1.807, 2.05) is 34.6 Å². The summed E-state index contributed by atoms with van der Waals surface area (Å²) < 4.78 is 0. The third-order valence-electron chi connectivity index (χ3n) is 22.9. The van der Waals surface area contributed by atoms with Gasteiger partial charge in [0.15, 0.2) is 0 Å². The van der Waals surface area contributed by atoms with Crippen LogP contribution in [0.5, 0.6) is 0 Å². The molecule has 13 N–H and O–H groups in total. The van der Waals surface area contributed by atoms with Gasteiger partial charge in [-0.2, -0.15) is 0 Å². The van der Waals surface area contributed by atoms with Crippen LogP contribution in [-0.4, -0.2) is 266 Å². The van der Waals surface area contributed by atoms with Crippen LogP contribution in [0.3, 0.4) is 0 Å². The van der Waals surface area contributed by atoms with Crippen LogP contribution in [0.15, 0.2) is 0 Å². The molecule has 5 aliphatic rings. The van der Waals surface area contributed by atoms with Crippen LogP contribution >= 0.6 is 0 Å². The van der Waals surface area contributed by atoms with E-state index in [0.717, 1.165) is 58.2 Å². The number of nitrogens with one attached hydrogen (secondary N) is 13. The number of likely N-dealkylation sites (tertiary alicyclic amines) is 3. The molecule has 5 heterocycles. The molecule has 34 nitrogen and oxygen atoms in total. The van der Waals surface area contributed by atoms with Gasteiger partial charge in [-0.15, -0.1) is 0 Å². The van der Waals surface area contributed by atoms with Crippen LogP contribution in [0.2, 0.25) is 0 Å². The van der Waals surface area contributed by atoms with Crippen molar-refractivity contribution >= 4 is 94.5 Å². The van der Waals surface area contributed by atoms with Crippen LogP contribution in [-0.2, 0) is 76.7 Å². The lowest BCUT2D eigenvalue weighted by Crippen LogP contribution is -2.67. The number of rotatable bonds is 39. The van der Waals surface area contributed by atoms with Crippen molar-refractivity contribution in [2.45, 2.75) is 342 Å². The number of carbonyl (C=O) groups is 16. The minimum atomic E-state index is -1.67. The summed E-state index contributed by atoms with van der Waals surface area (Å²) in [7, 11) is 0. The second kappa shape index (κ2) is 42.2. The SMILES string of the molecule is CCC(C)(NC(=O)C(CC(C)C)NC(=O)CNC(=O)C(C)(C)NC(=O)C1CCCCN1C(=O)C(C)(C)NC(=O)C(C)(C)NC(=O)CNC(=O)CCNC(=O)C(CC(C)C)NC(=O)C(C)(C)NC(=O)C(C)(CC)NC(=O)C1CCCCN1C(=O)C(C)(C)NC(=O)C1CCCCN1C(C)=O)C(=O)NC(CC(C)C)CN1CCCN2CCCC21. The molecule has 0 aliphatic carbocycles. The molecule has 0 bridgehead atoms. The van der Waals surface area contributed by atoms with Crippen LogP contribution in [0.4, 0.5) is 0 Å². The van der Waals surface area contributed by atoms with Crippen molar-refractivity contribution < 1.29 is 76.7 Å². The number of amides is 16. The molecule has 0 aromatic heterocycles. The van der Waals surface area contributed by atoms with Crippen LogP contribution in [0.25, 0.3) is 0 Å². The minimum absolute atomic E-state index is 0.0579. The Morgan fingerprint density at radius 1 is 0.371 bits per heavy atom. The average molecular weight is 1640 g/mol. The van der Waals surface area contributed by atoms with Gasteiger partial charge >= 0.3 is 0 Å². The fourth-order valence-corrected chi connectivity index (χ4v) is 15.6. The first-order valence-corrected chi connectivity index (χ1v) is 42.2. The molecular weight excluding hydrogens is 1490 g/mol. The van der Waals surface area contributed by atoms with Crippen LogP contribution in [0, 0.1) is 17.8 Å². The third kappa shape index (κ3) is 27.8. The predicted molar refractivity (Wildman–Crippen MR) is 437 cm³/mol. The monoisotopic (exact) mass is 1640 g/mol. The molecule has 0 aromatic rings. The second-order valence-electron chi connectivity index (χ2n) is 36.9. The Bertz CT molecular complexity index is 3540. The molecule has 5 rings (SSSR count). The number of fused-ring (bicyclic) bond motifs is 1. The van der Waals surface area contributed by atoms with Gasteiger partial charge in [0, 0.05) is 65.2 Å². The number of hydrogen-bond acceptors (Lipinski definition) is 18. The zero-order chi connectivity index (χ0) is 87.4. The van der Waals surface area contributed by atoms with Crippen LogP contribution in [0.1, 0.15) is 261 Å². The molecule has 0 spiro atoms. The van der Waals surface area contributed by atoms with E-state index in [1.54, 1.807) is 27.7 Å². The summed E-state index contributed by atoms with van der Waals surface area (Å²) in [5.41, 5.74) is -11.0. The maximum Gasteiger partial charge on any atom is 0.248 e. The molecular formula is C82H142N18O16. The highest BCUT2D eigenvalue weighted by Gasteiger charge is 2.49. The summed E-state index contributed by atoms with van der Waals surface area (Å²) in [5, 5.41) is 35.7. The second-order valence-corrected chi connectivity index (χ2v) is 36.9. The highest BCUT2D eigenvalue weighted by molar-refractivity contribution is 6.02. The summed E-state index contributed by atoms with van der Waals surface area (Å²) in [4.78, 5) is 230. The van der Waals surface area contributed by atoms with Gasteiger partial charge in [-0.25, -0.2) is 0 Å². The van der Waals surface area contributed by atoms with E-state index in [4.69, 9.17) is 0 Å². The number of hydrogen-bond donors (Lipinski definition) is 13. The van der Waals surface area contributed by atoms with Gasteiger partial charge < -0.3 is 83.8 Å². The minimum Gasteiger partial charge on any atom is -0.354 e. The van der Waals surface area contributed by atoms with E-state index < -0.39 is 165 Å². The van der Waals surface area contributed by atoms with E-state index >= 15 is 0 Å². The van der Waals surface area contributed by atoms with Crippen molar-refractivity contribution in [2.75, 3.05) is 65.4 Å². The Kier molecular flexibility index (Phi) is 35.7. The molecule has 0 aromatic carbocycles. The van der Waals surface area contributed by atoms with Gasteiger partial charge in [0.25, 0.3) is 0 Å². The van der Waals surface area contributed by atoms with Gasteiger partial charge in [0.2, 0.25) is 94.5 Å². The maximum atomic E-state index is 14.4. The van der Waals surface area contributed by atoms with Gasteiger partial charge in [-0.05, 0) is 217 Å². The smallest absolute Gasteiger partial charge is 0.248 e. The lowest BCUT2D eigenvalue weighted by atomic mass is 9.91. The highest BCUT2D eigenvalue weighted by Crippen LogP contribution is 2.29. The lowest BCUT2D eigenvalue weighted by Gasteiger charge is -2.42. The Hall–Kier alpha value is -8.56. The van der Waals surface area contributed by atoms with Gasteiger partial charge in [-0.3, -0.25) is 86.5 Å². The van der Waals surface area contributed by atoms with E-state index in [9.17, 15) is 76.7 Å². The van der Waals surface area contributed by atoms with E-state index in [-0.39, 0.29) is 94.3 Å². The lowest BCUT2D eigenvalue weighted by molar-refractivity contribution is -0.151. The molecule has 0 radical (unpaired) electrons. The third-order valence-corrected chi connectivity index (χ3v) is 22.9. The van der Waals surface area contributed by atoms with E-state index in [0.29, 0.717) is 57.3 Å². The Balaban J connectivity index is 1.08. The predicted octanol–water partition coefficient (Wildman–Crippen LogP) is 1.65. The fourth-order valence-electron chi connectivity index (χ4n) is 15.6. The first-order chi connectivity index (χ1) is 53.8. The van der Waals surface area contributed by atoms with Crippen molar-refractivity contribution in [1.29, 1.82) is 0 Å². The Morgan fingerprint density at radius 2 is 0.819 bits per heavy atom. The van der Waals surface area contributed by atoms with Crippen LogP contribution < -0.4 is 69.1 Å². The molecule has 34 heteroatoms. The molecule has 116 heavy (non-hydrogen) atoms. The first kappa shape index (κ1) is 98.0. The molecule has 656 valence electrons. The normalized spacial score (nSPS) is 20.4. The summed E-state index contributed by atoms with van der Waals surface area (Å²) in [6.45, 7) is 37.4. The molecule has 5 aliphatic heterocycles. The number of nitrogens with zero attached hydrogens (tertiary/aromatic N) is 5. The zero-order valence-electron chi connectivity index (χ0n) is 73.3. The Morgan fingerprint density at radius 3 is 1.34 bits per heavy atom. The summed E-state index contributed by atoms with van der Waals surface area (Å²) in [5.74, 6) is -9.64. The fraction of sp³-hybridized carbons (Fsp3) is 0.805. The molecule has 16 amide bonds. The zero-order valence-corrected chi connectivity index (χ0v) is 73.3. The van der Waals surface area contributed by atoms with E-state index in [1.165, 1.54) is 83.9 Å². The summed E-state index contributed by atoms with van der Waals surface area (Å²) in [6.07, 6.45) is 9.53. The van der Waals surface area contributed by atoms with Gasteiger partial charge in [-0.1, -0.05) is 55.4 Å². The van der Waals surface area contributed by atoms with E-state index in [2.05, 4.69) is 92.8 Å². The molecule has 5 saturated heterocycles. The van der Waals surface area contributed by atoms with Gasteiger partial charge in [0.05, 0.1) is 19.3 Å². The molecule has 9 unspecified atom stereocenters. The number of piperidine rings is 3. The van der Waals surface area contributed by atoms with Crippen molar-refractivity contribution in [3.63, 3.8) is 0 Å². The largest absolute Gasteiger partial charge is 0.354 e. The molecule has 5 fully saturated rings. The summed E-state index contributed by atoms with van der Waals surface area (Å²) in [6, 6.07) is -5.17. The van der Waals surface area contributed by atoms with Crippen molar-refractivity contribution in [3.8, 4) is 0 Å². The molecule has 0 saturated carbocycles. The van der Waals surface area contributed by atoms with Crippen molar-refractivity contribution in [2.24, 2.45) is 17.8 Å². The Labute approximate surface area is 687 Å². The maximum absolute atomic E-state index is 14.4. The topological polar surface area (TPSA) is 446 Å². The van der Waals surface area contributed by atoms with Crippen molar-refractivity contribution in [1.82, 2.24) is 93.6 Å². The van der Waals surface area contributed by atoms with Crippen molar-refractivity contribution in [3.05, 3.63) is 0 Å². The quantitative estimate of drug-likeness (QED) is 0.0416.